The first kappa shape index (κ1) is 8.28. The van der Waals surface area contributed by atoms with Crippen molar-refractivity contribution in [1.29, 1.82) is 0 Å². The van der Waals surface area contributed by atoms with Gasteiger partial charge in [-0.3, -0.25) is 0 Å². The molecule has 0 atom stereocenters. The molecule has 0 fully saturated rings. The topological polar surface area (TPSA) is 26.0 Å². The van der Waals surface area contributed by atoms with Crippen LogP contribution >= 0.6 is 0 Å². The predicted molar refractivity (Wildman–Crippen MR) is 42.0 cm³/mol. The second-order valence-electron chi connectivity index (χ2n) is 2.06. The van der Waals surface area contributed by atoms with Gasteiger partial charge in [0.1, 0.15) is 0 Å². The van der Waals surface area contributed by atoms with Crippen LogP contribution in [0.3, 0.4) is 0 Å². The van der Waals surface area contributed by atoms with Crippen molar-refractivity contribution >= 4 is 0 Å². The zero-order valence-electron chi connectivity index (χ0n) is 6.44. The SMILES string of the molecule is C/C=C\C(CC)=C(/C)N. The quantitative estimate of drug-likeness (QED) is 0.562. The van der Waals surface area contributed by atoms with Crippen molar-refractivity contribution in [2.45, 2.75) is 27.2 Å². The molecule has 0 saturated heterocycles. The van der Waals surface area contributed by atoms with Crippen molar-refractivity contribution in [3.8, 4) is 0 Å². The molecule has 0 aromatic heterocycles. The van der Waals surface area contributed by atoms with Gasteiger partial charge in [0.05, 0.1) is 0 Å². The third-order valence-corrected chi connectivity index (χ3v) is 1.26. The van der Waals surface area contributed by atoms with Crippen molar-refractivity contribution in [2.24, 2.45) is 5.73 Å². The lowest BCUT2D eigenvalue weighted by atomic mass is 10.1. The average molecular weight is 125 g/mol. The van der Waals surface area contributed by atoms with Gasteiger partial charge in [-0.2, -0.15) is 0 Å². The lowest BCUT2D eigenvalue weighted by Crippen LogP contribution is -1.94. The maximum absolute atomic E-state index is 5.56. The van der Waals surface area contributed by atoms with Gasteiger partial charge in [-0.1, -0.05) is 19.1 Å². The molecule has 0 aliphatic heterocycles. The summed E-state index contributed by atoms with van der Waals surface area (Å²) < 4.78 is 0. The molecule has 0 aliphatic carbocycles. The molecule has 0 saturated carbocycles. The van der Waals surface area contributed by atoms with Crippen molar-refractivity contribution in [1.82, 2.24) is 0 Å². The third-order valence-electron chi connectivity index (χ3n) is 1.26. The number of hydrogen-bond acceptors (Lipinski definition) is 1. The van der Waals surface area contributed by atoms with E-state index in [1.165, 1.54) is 5.57 Å². The van der Waals surface area contributed by atoms with Gasteiger partial charge in [0, 0.05) is 5.70 Å². The summed E-state index contributed by atoms with van der Waals surface area (Å²) in [6.45, 7) is 6.03. The van der Waals surface area contributed by atoms with E-state index in [-0.39, 0.29) is 0 Å². The van der Waals surface area contributed by atoms with E-state index in [0.29, 0.717) is 0 Å². The van der Waals surface area contributed by atoms with Crippen LogP contribution in [0.1, 0.15) is 27.2 Å². The van der Waals surface area contributed by atoms with Crippen LogP contribution < -0.4 is 5.73 Å². The molecular formula is C8H15N. The molecule has 52 valence electrons. The molecule has 0 aliphatic rings. The fraction of sp³-hybridized carbons (Fsp3) is 0.500. The first-order valence-electron chi connectivity index (χ1n) is 3.30. The smallest absolute Gasteiger partial charge is 0.00811 e. The molecule has 0 radical (unpaired) electrons. The molecule has 9 heavy (non-hydrogen) atoms. The van der Waals surface area contributed by atoms with Crippen LogP contribution in [0.15, 0.2) is 23.4 Å². The monoisotopic (exact) mass is 125 g/mol. The second-order valence-corrected chi connectivity index (χ2v) is 2.06. The predicted octanol–water partition coefficient (Wildman–Crippen LogP) is 2.21. The summed E-state index contributed by atoms with van der Waals surface area (Å²) in [4.78, 5) is 0. The Labute approximate surface area is 57.3 Å². The molecule has 0 amide bonds. The first-order chi connectivity index (χ1) is 4.22. The molecule has 0 spiro atoms. The summed E-state index contributed by atoms with van der Waals surface area (Å²) in [6, 6.07) is 0. The highest BCUT2D eigenvalue weighted by Crippen LogP contribution is 2.04. The van der Waals surface area contributed by atoms with Crippen molar-refractivity contribution in [3.05, 3.63) is 23.4 Å². The maximum atomic E-state index is 5.56. The van der Waals surface area contributed by atoms with Crippen LogP contribution in [0.4, 0.5) is 0 Å². The minimum absolute atomic E-state index is 0.926. The number of hydrogen-bond donors (Lipinski definition) is 1. The van der Waals surface area contributed by atoms with E-state index < -0.39 is 0 Å². The minimum Gasteiger partial charge on any atom is -0.402 e. The average Bonchev–Trinajstić information content (AvgIpc) is 1.82. The van der Waals surface area contributed by atoms with Gasteiger partial charge < -0.3 is 5.73 Å². The summed E-state index contributed by atoms with van der Waals surface area (Å²) >= 11 is 0. The van der Waals surface area contributed by atoms with Gasteiger partial charge in [-0.25, -0.2) is 0 Å². The first-order valence-corrected chi connectivity index (χ1v) is 3.30. The Balaban J connectivity index is 4.16. The summed E-state index contributed by atoms with van der Waals surface area (Å²) in [5.74, 6) is 0. The van der Waals surface area contributed by atoms with E-state index >= 15 is 0 Å². The lowest BCUT2D eigenvalue weighted by molar-refractivity contribution is 1.08. The number of nitrogens with two attached hydrogens (primary N) is 1. The summed E-state index contributed by atoms with van der Waals surface area (Å²) in [5, 5.41) is 0. The van der Waals surface area contributed by atoms with Crippen LogP contribution in [-0.4, -0.2) is 0 Å². The highest BCUT2D eigenvalue weighted by atomic mass is 14.6. The summed E-state index contributed by atoms with van der Waals surface area (Å²) in [6.07, 6.45) is 5.08. The molecule has 0 heterocycles. The van der Waals surface area contributed by atoms with E-state index in [4.69, 9.17) is 5.73 Å². The Morgan fingerprint density at radius 1 is 1.56 bits per heavy atom. The summed E-state index contributed by atoms with van der Waals surface area (Å²) in [7, 11) is 0. The van der Waals surface area contributed by atoms with Crippen LogP contribution in [-0.2, 0) is 0 Å². The third kappa shape index (κ3) is 2.96. The Bertz CT molecular complexity index is 128. The Kier molecular flexibility index (Phi) is 3.85. The van der Waals surface area contributed by atoms with E-state index in [1.807, 2.05) is 19.9 Å². The standard InChI is InChI=1S/C8H15N/c1-4-6-8(5-2)7(3)9/h4,6H,5,9H2,1-3H3/b6-4-,8-7+. The Morgan fingerprint density at radius 2 is 2.11 bits per heavy atom. The highest BCUT2D eigenvalue weighted by molar-refractivity contribution is 5.21. The molecule has 0 aromatic rings. The normalized spacial score (nSPS) is 14.1. The fourth-order valence-electron chi connectivity index (χ4n) is 0.729. The fourth-order valence-corrected chi connectivity index (χ4v) is 0.729. The number of allylic oxidation sites excluding steroid dienone is 4. The largest absolute Gasteiger partial charge is 0.402 e. The van der Waals surface area contributed by atoms with Crippen molar-refractivity contribution < 1.29 is 0 Å². The Hall–Kier alpha value is -0.720. The molecule has 2 N–H and O–H groups in total. The molecule has 1 heteroatoms. The van der Waals surface area contributed by atoms with Crippen LogP contribution in [0.25, 0.3) is 0 Å². The van der Waals surface area contributed by atoms with Crippen LogP contribution in [0, 0.1) is 0 Å². The van der Waals surface area contributed by atoms with E-state index in [2.05, 4.69) is 13.0 Å². The molecule has 0 aromatic carbocycles. The highest BCUT2D eigenvalue weighted by Gasteiger charge is 1.88. The van der Waals surface area contributed by atoms with Crippen LogP contribution in [0.5, 0.6) is 0 Å². The van der Waals surface area contributed by atoms with Crippen molar-refractivity contribution in [2.75, 3.05) is 0 Å². The lowest BCUT2D eigenvalue weighted by Gasteiger charge is -1.97. The zero-order chi connectivity index (χ0) is 7.28. The van der Waals surface area contributed by atoms with Gasteiger partial charge in [0.2, 0.25) is 0 Å². The van der Waals surface area contributed by atoms with Crippen LogP contribution in [0.2, 0.25) is 0 Å². The molecular weight excluding hydrogens is 110 g/mol. The van der Waals surface area contributed by atoms with Gasteiger partial charge in [-0.15, -0.1) is 0 Å². The zero-order valence-corrected chi connectivity index (χ0v) is 6.44. The number of rotatable bonds is 2. The molecule has 0 rings (SSSR count). The van der Waals surface area contributed by atoms with E-state index in [9.17, 15) is 0 Å². The maximum Gasteiger partial charge on any atom is 0.00811 e. The summed E-state index contributed by atoms with van der Waals surface area (Å²) in [5.41, 5.74) is 7.72. The molecule has 0 unspecified atom stereocenters. The van der Waals surface area contributed by atoms with Gasteiger partial charge in [-0.05, 0) is 25.8 Å². The van der Waals surface area contributed by atoms with Gasteiger partial charge in [0.15, 0.2) is 0 Å². The van der Waals surface area contributed by atoms with E-state index in [1.54, 1.807) is 0 Å². The van der Waals surface area contributed by atoms with Gasteiger partial charge >= 0.3 is 0 Å². The van der Waals surface area contributed by atoms with Crippen molar-refractivity contribution in [3.63, 3.8) is 0 Å². The minimum atomic E-state index is 0.926. The van der Waals surface area contributed by atoms with Gasteiger partial charge in [0.25, 0.3) is 0 Å². The molecule has 1 nitrogen and oxygen atoms in total. The molecule has 0 bridgehead atoms. The van der Waals surface area contributed by atoms with E-state index in [0.717, 1.165) is 12.1 Å². The second kappa shape index (κ2) is 4.19. The Morgan fingerprint density at radius 3 is 2.22 bits per heavy atom.